The van der Waals surface area contributed by atoms with Gasteiger partial charge < -0.3 is 4.74 Å². The Labute approximate surface area is 134 Å². The van der Waals surface area contributed by atoms with Crippen LogP contribution >= 0.6 is 27.3 Å². The van der Waals surface area contributed by atoms with Gasteiger partial charge in [0, 0.05) is 12.3 Å². The molecule has 0 unspecified atom stereocenters. The Hall–Kier alpha value is -1.72. The highest BCUT2D eigenvalue weighted by Gasteiger charge is 2.12. The number of fused-ring (bicyclic) bond motifs is 1. The van der Waals surface area contributed by atoms with E-state index in [9.17, 15) is 4.79 Å². The van der Waals surface area contributed by atoms with Crippen LogP contribution in [0.1, 0.15) is 12.5 Å². The van der Waals surface area contributed by atoms with Crippen LogP contribution in [0.15, 0.2) is 42.5 Å². The minimum Gasteiger partial charge on any atom is -0.426 e. The third-order valence-electron chi connectivity index (χ3n) is 2.98. The topological polar surface area (TPSA) is 39.2 Å². The lowest BCUT2D eigenvalue weighted by molar-refractivity contribution is -0.131. The Balaban J connectivity index is 2.10. The van der Waals surface area contributed by atoms with E-state index in [1.54, 1.807) is 17.4 Å². The van der Waals surface area contributed by atoms with Crippen LogP contribution < -0.4 is 4.74 Å². The lowest BCUT2D eigenvalue weighted by Crippen LogP contribution is -2.02. The minimum absolute atomic E-state index is 0.329. The highest BCUT2D eigenvalue weighted by atomic mass is 79.9. The zero-order valence-electron chi connectivity index (χ0n) is 11.3. The van der Waals surface area contributed by atoms with Crippen molar-refractivity contribution >= 4 is 43.5 Å². The summed E-state index contributed by atoms with van der Waals surface area (Å²) in [6.45, 7) is 1.40. The summed E-state index contributed by atoms with van der Waals surface area (Å²) in [5.74, 6) is 0.218. The van der Waals surface area contributed by atoms with E-state index in [0.717, 1.165) is 26.1 Å². The molecular weight excluding hydrogens is 350 g/mol. The summed E-state index contributed by atoms with van der Waals surface area (Å²) < 4.78 is 6.39. The third kappa shape index (κ3) is 2.99. The first-order chi connectivity index (χ1) is 10.2. The summed E-state index contributed by atoms with van der Waals surface area (Å²) in [7, 11) is 0. The van der Waals surface area contributed by atoms with Crippen LogP contribution in [0.4, 0.5) is 0 Å². The van der Waals surface area contributed by atoms with E-state index in [1.807, 2.05) is 24.3 Å². The molecule has 0 aliphatic heterocycles. The lowest BCUT2D eigenvalue weighted by Gasteiger charge is -2.05. The van der Waals surface area contributed by atoms with Gasteiger partial charge in [-0.25, -0.2) is 4.98 Å². The number of alkyl halides is 1. The molecule has 0 saturated heterocycles. The van der Waals surface area contributed by atoms with Gasteiger partial charge in [-0.15, -0.1) is 11.3 Å². The molecule has 0 amide bonds. The van der Waals surface area contributed by atoms with Crippen molar-refractivity contribution in [1.29, 1.82) is 0 Å². The molecule has 0 spiro atoms. The zero-order chi connectivity index (χ0) is 14.8. The van der Waals surface area contributed by atoms with E-state index in [2.05, 4.69) is 33.0 Å². The number of thiazole rings is 1. The number of aromatic nitrogens is 1. The van der Waals surface area contributed by atoms with Crippen LogP contribution in [0.3, 0.4) is 0 Å². The van der Waals surface area contributed by atoms with Crippen LogP contribution in [-0.2, 0) is 10.1 Å². The van der Waals surface area contributed by atoms with Crippen molar-refractivity contribution in [2.24, 2.45) is 0 Å². The van der Waals surface area contributed by atoms with Crippen molar-refractivity contribution in [3.05, 3.63) is 48.0 Å². The molecule has 3 nitrogen and oxygen atoms in total. The average molecular weight is 362 g/mol. The normalized spacial score (nSPS) is 10.8. The first-order valence-electron chi connectivity index (χ1n) is 6.40. The molecule has 0 atom stereocenters. The molecule has 106 valence electrons. The van der Waals surface area contributed by atoms with Crippen LogP contribution in [0.5, 0.6) is 5.75 Å². The quantitative estimate of drug-likeness (QED) is 0.382. The van der Waals surface area contributed by atoms with Crippen LogP contribution in [-0.4, -0.2) is 11.0 Å². The van der Waals surface area contributed by atoms with Crippen molar-refractivity contribution < 1.29 is 9.53 Å². The van der Waals surface area contributed by atoms with Crippen LogP contribution in [0, 0.1) is 0 Å². The maximum absolute atomic E-state index is 11.2. The van der Waals surface area contributed by atoms with Gasteiger partial charge in [0.2, 0.25) is 0 Å². The van der Waals surface area contributed by atoms with E-state index in [-0.39, 0.29) is 5.97 Å². The molecule has 0 aliphatic rings. The Morgan fingerprint density at radius 2 is 2.10 bits per heavy atom. The van der Waals surface area contributed by atoms with E-state index < -0.39 is 0 Å². The number of nitrogens with zero attached hydrogens (tertiary/aromatic N) is 1. The first kappa shape index (κ1) is 14.2. The molecule has 0 aliphatic carbocycles. The molecule has 0 N–H and O–H groups in total. The Morgan fingerprint density at radius 1 is 1.29 bits per heavy atom. The number of benzene rings is 2. The molecule has 21 heavy (non-hydrogen) atoms. The summed E-state index contributed by atoms with van der Waals surface area (Å²) in [6, 6.07) is 13.7. The Bertz CT molecular complexity index is 813. The van der Waals surface area contributed by atoms with E-state index >= 15 is 0 Å². The van der Waals surface area contributed by atoms with Gasteiger partial charge in [0.25, 0.3) is 0 Å². The SMILES string of the molecule is CC(=O)Oc1ccccc1-c1nc2ccc(CBr)cc2s1. The molecule has 0 saturated carbocycles. The van der Waals surface area contributed by atoms with Crippen molar-refractivity contribution in [3.8, 4) is 16.3 Å². The summed E-state index contributed by atoms with van der Waals surface area (Å²) >= 11 is 5.06. The molecule has 3 rings (SSSR count). The van der Waals surface area contributed by atoms with Gasteiger partial charge in [0.15, 0.2) is 0 Å². The molecule has 5 heteroatoms. The Morgan fingerprint density at radius 3 is 2.86 bits per heavy atom. The highest BCUT2D eigenvalue weighted by molar-refractivity contribution is 9.08. The fourth-order valence-corrected chi connectivity index (χ4v) is 3.46. The van der Waals surface area contributed by atoms with Gasteiger partial charge >= 0.3 is 5.97 Å². The number of halogens is 1. The number of para-hydroxylation sites is 1. The fourth-order valence-electron chi connectivity index (χ4n) is 2.05. The molecule has 3 aromatic rings. The summed E-state index contributed by atoms with van der Waals surface area (Å²) in [6.07, 6.45) is 0. The Kier molecular flexibility index (Phi) is 4.03. The summed E-state index contributed by atoms with van der Waals surface area (Å²) in [5, 5.41) is 1.67. The van der Waals surface area contributed by atoms with Crippen molar-refractivity contribution in [2.75, 3.05) is 0 Å². The average Bonchev–Trinajstić information content (AvgIpc) is 2.89. The zero-order valence-corrected chi connectivity index (χ0v) is 13.7. The predicted molar refractivity (Wildman–Crippen MR) is 89.0 cm³/mol. The van der Waals surface area contributed by atoms with Crippen molar-refractivity contribution in [1.82, 2.24) is 4.98 Å². The first-order valence-corrected chi connectivity index (χ1v) is 8.34. The van der Waals surface area contributed by atoms with Gasteiger partial charge in [0.05, 0.1) is 15.8 Å². The number of carbonyl (C=O) groups excluding carboxylic acids is 1. The van der Waals surface area contributed by atoms with Gasteiger partial charge in [0.1, 0.15) is 10.8 Å². The van der Waals surface area contributed by atoms with Gasteiger partial charge in [-0.3, -0.25) is 4.79 Å². The molecular formula is C16H12BrNO2S. The van der Waals surface area contributed by atoms with Gasteiger partial charge in [-0.2, -0.15) is 0 Å². The second-order valence-corrected chi connectivity index (χ2v) is 6.14. The maximum atomic E-state index is 11.2. The number of esters is 1. The van der Waals surface area contributed by atoms with E-state index in [4.69, 9.17) is 4.74 Å². The van der Waals surface area contributed by atoms with Crippen LogP contribution in [0.25, 0.3) is 20.8 Å². The number of hydrogen-bond acceptors (Lipinski definition) is 4. The summed E-state index contributed by atoms with van der Waals surface area (Å²) in [4.78, 5) is 15.8. The number of carbonyl (C=O) groups is 1. The van der Waals surface area contributed by atoms with Gasteiger partial charge in [-0.1, -0.05) is 34.1 Å². The molecule has 0 fully saturated rings. The minimum atomic E-state index is -0.329. The van der Waals surface area contributed by atoms with E-state index in [1.165, 1.54) is 12.5 Å². The largest absolute Gasteiger partial charge is 0.426 e. The molecule has 1 heterocycles. The fraction of sp³-hybridized carbons (Fsp3) is 0.125. The molecule has 1 aromatic heterocycles. The van der Waals surface area contributed by atoms with Crippen molar-refractivity contribution in [2.45, 2.75) is 12.3 Å². The van der Waals surface area contributed by atoms with Crippen molar-refractivity contribution in [3.63, 3.8) is 0 Å². The smallest absolute Gasteiger partial charge is 0.308 e. The monoisotopic (exact) mass is 361 g/mol. The second-order valence-electron chi connectivity index (χ2n) is 4.54. The lowest BCUT2D eigenvalue weighted by atomic mass is 10.2. The summed E-state index contributed by atoms with van der Waals surface area (Å²) in [5.41, 5.74) is 3.01. The molecule has 0 radical (unpaired) electrons. The maximum Gasteiger partial charge on any atom is 0.308 e. The number of hydrogen-bond donors (Lipinski definition) is 0. The number of rotatable bonds is 3. The molecule has 0 bridgehead atoms. The standard InChI is InChI=1S/C16H12BrNO2S/c1-10(19)20-14-5-3-2-4-12(14)16-18-13-7-6-11(9-17)8-15(13)21-16/h2-8H,9H2,1H3. The third-order valence-corrected chi connectivity index (χ3v) is 4.68. The second kappa shape index (κ2) is 5.95. The van der Waals surface area contributed by atoms with E-state index in [0.29, 0.717) is 5.75 Å². The molecule has 2 aromatic carbocycles. The van der Waals surface area contributed by atoms with Crippen LogP contribution in [0.2, 0.25) is 0 Å². The predicted octanol–water partition coefficient (Wildman–Crippen LogP) is 4.78. The van der Waals surface area contributed by atoms with Gasteiger partial charge in [-0.05, 0) is 29.8 Å². The highest BCUT2D eigenvalue weighted by Crippen LogP contribution is 2.36. The number of ether oxygens (including phenoxy) is 1.